The second-order valence-corrected chi connectivity index (χ2v) is 3.62. The summed E-state index contributed by atoms with van der Waals surface area (Å²) >= 11 is 0. The van der Waals surface area contributed by atoms with E-state index in [2.05, 4.69) is 0 Å². The molecule has 2 N–H and O–H groups in total. The molecular weight excluding hydrogens is 198 g/mol. The van der Waals surface area contributed by atoms with Crippen LogP contribution in [0.1, 0.15) is 0 Å². The topological polar surface area (TPSA) is 68.0 Å². The molecule has 0 aromatic carbocycles. The van der Waals surface area contributed by atoms with E-state index in [1.165, 1.54) is 7.11 Å². The number of carbonyl (C=O) groups is 1. The highest BCUT2D eigenvalue weighted by Crippen LogP contribution is 2.26. The van der Waals surface area contributed by atoms with Gasteiger partial charge in [0.05, 0.1) is 7.11 Å². The van der Waals surface area contributed by atoms with Gasteiger partial charge in [0.2, 0.25) is 0 Å². The van der Waals surface area contributed by atoms with E-state index in [-0.39, 0.29) is 18.4 Å². The van der Waals surface area contributed by atoms with Crippen LogP contribution < -0.4 is 5.73 Å². The first-order valence-corrected chi connectivity index (χ1v) is 4.79. The fourth-order valence-corrected chi connectivity index (χ4v) is 1.97. The number of nitrogens with two attached hydrogens (primary N) is 1. The number of hydrogen-bond donors (Lipinski definition) is 1. The van der Waals surface area contributed by atoms with E-state index in [0.717, 1.165) is 0 Å². The van der Waals surface area contributed by atoms with Gasteiger partial charge >= 0.3 is 6.09 Å². The van der Waals surface area contributed by atoms with Crippen molar-refractivity contribution in [2.24, 2.45) is 5.73 Å². The summed E-state index contributed by atoms with van der Waals surface area (Å²) in [6.07, 6.45) is 2.63. The van der Waals surface area contributed by atoms with E-state index >= 15 is 0 Å². The van der Waals surface area contributed by atoms with E-state index in [0.29, 0.717) is 6.54 Å². The largest absolute Gasteiger partial charge is 0.453 e. The van der Waals surface area contributed by atoms with Crippen LogP contribution in [0.5, 0.6) is 0 Å². The minimum absolute atomic E-state index is 0.169. The first-order chi connectivity index (χ1) is 7.15. The maximum atomic E-state index is 11.5. The van der Waals surface area contributed by atoms with Gasteiger partial charge in [-0.1, -0.05) is 12.2 Å². The lowest BCUT2D eigenvalue weighted by molar-refractivity contribution is 0.0287. The van der Waals surface area contributed by atoms with Crippen molar-refractivity contribution in [1.82, 2.24) is 9.80 Å². The number of methoxy groups -OCH3 is 1. The second kappa shape index (κ2) is 3.80. The molecule has 0 spiro atoms. The van der Waals surface area contributed by atoms with Crippen molar-refractivity contribution in [3.05, 3.63) is 12.2 Å². The molecule has 0 radical (unpaired) electrons. The zero-order valence-corrected chi connectivity index (χ0v) is 8.79. The Morgan fingerprint density at radius 1 is 1.67 bits per heavy atom. The summed E-state index contributed by atoms with van der Waals surface area (Å²) in [5, 5.41) is 0. The Balaban J connectivity index is 2.21. The molecule has 0 aromatic rings. The standard InChI is InChI=1S/C9H15N3O3/c1-11-7-6(15-8(11)10)4-3-5-12(7)9(13)14-2/h3-4,6-8H,5,10H2,1-2H3. The highest BCUT2D eigenvalue weighted by Gasteiger charge is 2.44. The van der Waals surface area contributed by atoms with Crippen molar-refractivity contribution in [2.45, 2.75) is 18.6 Å². The number of carbonyl (C=O) groups excluding carboxylic acids is 1. The lowest BCUT2D eigenvalue weighted by Gasteiger charge is -2.35. The first kappa shape index (κ1) is 10.4. The lowest BCUT2D eigenvalue weighted by Crippen LogP contribution is -2.54. The van der Waals surface area contributed by atoms with Gasteiger partial charge in [-0.3, -0.25) is 10.6 Å². The number of likely N-dealkylation sites (N-methyl/N-ethyl adjacent to an activating group) is 1. The third-order valence-corrected chi connectivity index (χ3v) is 2.77. The molecule has 1 fully saturated rings. The summed E-state index contributed by atoms with van der Waals surface area (Å²) in [6, 6.07) is 0. The third kappa shape index (κ3) is 1.60. The molecule has 3 unspecified atom stereocenters. The maximum Gasteiger partial charge on any atom is 0.411 e. The molecule has 2 aliphatic rings. The van der Waals surface area contributed by atoms with Gasteiger partial charge in [0.1, 0.15) is 12.3 Å². The number of nitrogens with zero attached hydrogens (tertiary/aromatic N) is 2. The molecular formula is C9H15N3O3. The minimum atomic E-state index is -0.477. The normalized spacial score (nSPS) is 35.4. The molecule has 6 heteroatoms. The van der Waals surface area contributed by atoms with Gasteiger partial charge in [0.25, 0.3) is 0 Å². The van der Waals surface area contributed by atoms with Crippen LogP contribution >= 0.6 is 0 Å². The van der Waals surface area contributed by atoms with E-state index in [9.17, 15) is 4.79 Å². The van der Waals surface area contributed by atoms with Crippen molar-refractivity contribution in [3.8, 4) is 0 Å². The molecule has 6 nitrogen and oxygen atoms in total. The van der Waals surface area contributed by atoms with Gasteiger partial charge < -0.3 is 9.47 Å². The molecule has 3 atom stereocenters. The molecule has 1 saturated heterocycles. The second-order valence-electron chi connectivity index (χ2n) is 3.62. The Labute approximate surface area is 88.2 Å². The van der Waals surface area contributed by atoms with Crippen LogP contribution in [0.3, 0.4) is 0 Å². The third-order valence-electron chi connectivity index (χ3n) is 2.77. The van der Waals surface area contributed by atoms with E-state index in [1.807, 2.05) is 24.1 Å². The summed E-state index contributed by atoms with van der Waals surface area (Å²) in [7, 11) is 3.19. The fraction of sp³-hybridized carbons (Fsp3) is 0.667. The van der Waals surface area contributed by atoms with Gasteiger partial charge in [-0.15, -0.1) is 0 Å². The van der Waals surface area contributed by atoms with Crippen LogP contribution in [0.4, 0.5) is 4.79 Å². The molecule has 0 aromatic heterocycles. The number of ether oxygens (including phenoxy) is 2. The molecule has 1 amide bonds. The average Bonchev–Trinajstić information content (AvgIpc) is 2.54. The predicted molar refractivity (Wildman–Crippen MR) is 52.7 cm³/mol. The van der Waals surface area contributed by atoms with Gasteiger partial charge in [-0.2, -0.15) is 0 Å². The van der Waals surface area contributed by atoms with E-state index < -0.39 is 6.35 Å². The Bertz CT molecular complexity index is 294. The summed E-state index contributed by atoms with van der Waals surface area (Å²) in [6.45, 7) is 0.522. The SMILES string of the molecule is COC(=O)N1CC=CC2OC(N)N(C)C21. The van der Waals surface area contributed by atoms with Crippen LogP contribution in [0.2, 0.25) is 0 Å². The molecule has 2 rings (SSSR count). The van der Waals surface area contributed by atoms with Crippen molar-refractivity contribution in [1.29, 1.82) is 0 Å². The molecule has 2 heterocycles. The monoisotopic (exact) mass is 213 g/mol. The van der Waals surface area contributed by atoms with Crippen LogP contribution in [0, 0.1) is 0 Å². The van der Waals surface area contributed by atoms with Gasteiger partial charge in [-0.25, -0.2) is 9.69 Å². The van der Waals surface area contributed by atoms with E-state index in [4.69, 9.17) is 15.2 Å². The van der Waals surface area contributed by atoms with E-state index in [1.54, 1.807) is 4.90 Å². The quantitative estimate of drug-likeness (QED) is 0.551. The highest BCUT2D eigenvalue weighted by atomic mass is 16.6. The zero-order valence-electron chi connectivity index (χ0n) is 8.79. The van der Waals surface area contributed by atoms with Crippen molar-refractivity contribution >= 4 is 6.09 Å². The Morgan fingerprint density at radius 2 is 2.40 bits per heavy atom. The molecule has 0 bridgehead atoms. The smallest absolute Gasteiger partial charge is 0.411 e. The molecule has 15 heavy (non-hydrogen) atoms. The van der Waals surface area contributed by atoms with Crippen LogP contribution in [0.15, 0.2) is 12.2 Å². The zero-order chi connectivity index (χ0) is 11.0. The summed E-state index contributed by atoms with van der Waals surface area (Å²) < 4.78 is 10.2. The van der Waals surface area contributed by atoms with Crippen LogP contribution in [0.25, 0.3) is 0 Å². The number of amides is 1. The number of rotatable bonds is 0. The Morgan fingerprint density at radius 3 is 3.07 bits per heavy atom. The summed E-state index contributed by atoms with van der Waals surface area (Å²) in [5.41, 5.74) is 5.73. The summed E-state index contributed by atoms with van der Waals surface area (Å²) in [4.78, 5) is 14.9. The fourth-order valence-electron chi connectivity index (χ4n) is 1.97. The molecule has 0 saturated carbocycles. The number of fused-ring (bicyclic) bond motifs is 1. The van der Waals surface area contributed by atoms with Gasteiger partial charge in [0.15, 0.2) is 6.35 Å². The predicted octanol–water partition coefficient (Wildman–Crippen LogP) is -0.476. The maximum absolute atomic E-state index is 11.5. The highest BCUT2D eigenvalue weighted by molar-refractivity contribution is 5.68. The molecule has 84 valence electrons. The molecule has 0 aliphatic carbocycles. The van der Waals surface area contributed by atoms with Gasteiger partial charge in [0, 0.05) is 6.54 Å². The summed E-state index contributed by atoms with van der Waals surface area (Å²) in [5.74, 6) is 0. The van der Waals surface area contributed by atoms with Crippen molar-refractivity contribution < 1.29 is 14.3 Å². The van der Waals surface area contributed by atoms with Gasteiger partial charge in [-0.05, 0) is 7.05 Å². The lowest BCUT2D eigenvalue weighted by atomic mass is 10.1. The Hall–Kier alpha value is -1.11. The van der Waals surface area contributed by atoms with Crippen LogP contribution in [-0.2, 0) is 9.47 Å². The molecule has 2 aliphatic heterocycles. The van der Waals surface area contributed by atoms with Crippen LogP contribution in [-0.4, -0.2) is 55.2 Å². The van der Waals surface area contributed by atoms with Crippen molar-refractivity contribution in [2.75, 3.05) is 20.7 Å². The Kier molecular flexibility index (Phi) is 2.64. The minimum Gasteiger partial charge on any atom is -0.453 e. The van der Waals surface area contributed by atoms with Crippen molar-refractivity contribution in [3.63, 3.8) is 0 Å². The first-order valence-electron chi connectivity index (χ1n) is 4.79. The average molecular weight is 213 g/mol. The number of hydrogen-bond acceptors (Lipinski definition) is 5.